The van der Waals surface area contributed by atoms with E-state index < -0.39 is 11.6 Å². The highest BCUT2D eigenvalue weighted by atomic mass is 35.5. The standard InChI is InChI=1S/C12H13ClO3/c1-16-11(14)12(15,8-2-3-8)9-4-6-10(13)7-5-9/h4-8,15H,2-3H2,1H3. The number of carbonyl (C=O) groups is 1. The first-order valence-corrected chi connectivity index (χ1v) is 5.53. The molecule has 16 heavy (non-hydrogen) atoms. The molecule has 0 saturated heterocycles. The second-order valence-corrected chi connectivity index (χ2v) is 4.48. The first-order valence-electron chi connectivity index (χ1n) is 5.16. The van der Waals surface area contributed by atoms with E-state index in [1.54, 1.807) is 24.3 Å². The highest BCUT2D eigenvalue weighted by Gasteiger charge is 2.51. The number of carbonyl (C=O) groups excluding carboxylic acids is 1. The van der Waals surface area contributed by atoms with Gasteiger partial charge in [0.1, 0.15) is 0 Å². The smallest absolute Gasteiger partial charge is 0.342 e. The molecule has 1 unspecified atom stereocenters. The summed E-state index contributed by atoms with van der Waals surface area (Å²) in [6.07, 6.45) is 1.68. The van der Waals surface area contributed by atoms with E-state index in [0.29, 0.717) is 10.6 Å². The van der Waals surface area contributed by atoms with Crippen LogP contribution in [0.2, 0.25) is 5.02 Å². The van der Waals surface area contributed by atoms with E-state index in [1.807, 2.05) is 0 Å². The summed E-state index contributed by atoms with van der Waals surface area (Å²) in [4.78, 5) is 11.7. The van der Waals surface area contributed by atoms with Crippen molar-refractivity contribution in [2.45, 2.75) is 18.4 Å². The first kappa shape index (κ1) is 11.4. The van der Waals surface area contributed by atoms with Gasteiger partial charge in [-0.1, -0.05) is 23.7 Å². The van der Waals surface area contributed by atoms with E-state index in [0.717, 1.165) is 12.8 Å². The lowest BCUT2D eigenvalue weighted by molar-refractivity contribution is -0.166. The Morgan fingerprint density at radius 1 is 1.44 bits per heavy atom. The van der Waals surface area contributed by atoms with Crippen molar-refractivity contribution < 1.29 is 14.6 Å². The van der Waals surface area contributed by atoms with Crippen LogP contribution in [-0.2, 0) is 15.1 Å². The van der Waals surface area contributed by atoms with Crippen molar-refractivity contribution in [1.82, 2.24) is 0 Å². The topological polar surface area (TPSA) is 46.5 Å². The third kappa shape index (κ3) is 1.81. The second kappa shape index (κ2) is 4.07. The summed E-state index contributed by atoms with van der Waals surface area (Å²) in [5.41, 5.74) is -0.967. The van der Waals surface area contributed by atoms with Crippen molar-refractivity contribution in [3.8, 4) is 0 Å². The lowest BCUT2D eigenvalue weighted by atomic mass is 9.89. The molecule has 1 N–H and O–H groups in total. The summed E-state index contributed by atoms with van der Waals surface area (Å²) in [6.45, 7) is 0. The van der Waals surface area contributed by atoms with Gasteiger partial charge < -0.3 is 9.84 Å². The van der Waals surface area contributed by atoms with E-state index in [9.17, 15) is 9.90 Å². The minimum Gasteiger partial charge on any atom is -0.467 e. The predicted molar refractivity (Wildman–Crippen MR) is 60.1 cm³/mol. The van der Waals surface area contributed by atoms with Gasteiger partial charge in [-0.3, -0.25) is 0 Å². The third-order valence-corrected chi connectivity index (χ3v) is 3.20. The van der Waals surface area contributed by atoms with Crippen LogP contribution in [0.25, 0.3) is 0 Å². The summed E-state index contributed by atoms with van der Waals surface area (Å²) >= 11 is 5.77. The third-order valence-electron chi connectivity index (χ3n) is 2.95. The molecule has 0 bridgehead atoms. The van der Waals surface area contributed by atoms with Gasteiger partial charge in [0.25, 0.3) is 0 Å². The largest absolute Gasteiger partial charge is 0.467 e. The number of ether oxygens (including phenoxy) is 1. The van der Waals surface area contributed by atoms with Gasteiger partial charge in [0.2, 0.25) is 0 Å². The van der Waals surface area contributed by atoms with E-state index in [2.05, 4.69) is 4.74 Å². The van der Waals surface area contributed by atoms with Gasteiger partial charge in [-0.25, -0.2) is 4.79 Å². The fourth-order valence-electron chi connectivity index (χ4n) is 1.88. The maximum atomic E-state index is 11.7. The van der Waals surface area contributed by atoms with E-state index in [-0.39, 0.29) is 5.92 Å². The molecule has 1 fully saturated rings. The lowest BCUT2D eigenvalue weighted by Crippen LogP contribution is -2.39. The van der Waals surface area contributed by atoms with E-state index >= 15 is 0 Å². The molecule has 1 saturated carbocycles. The number of halogens is 1. The molecule has 0 aromatic heterocycles. The Bertz CT molecular complexity index is 397. The Morgan fingerprint density at radius 2 is 2.00 bits per heavy atom. The number of benzene rings is 1. The van der Waals surface area contributed by atoms with Crippen molar-refractivity contribution in [3.63, 3.8) is 0 Å². The van der Waals surface area contributed by atoms with E-state index in [1.165, 1.54) is 7.11 Å². The molecular formula is C12H13ClO3. The SMILES string of the molecule is COC(=O)C(O)(c1ccc(Cl)cc1)C1CC1. The predicted octanol–water partition coefficient (Wildman–Crippen LogP) is 2.11. The molecule has 1 aromatic rings. The maximum Gasteiger partial charge on any atom is 0.342 e. The molecule has 4 heteroatoms. The van der Waals surface area contributed by atoms with Crippen molar-refractivity contribution in [2.75, 3.05) is 7.11 Å². The number of esters is 1. The van der Waals surface area contributed by atoms with Crippen LogP contribution in [0.3, 0.4) is 0 Å². The second-order valence-electron chi connectivity index (χ2n) is 4.04. The van der Waals surface area contributed by atoms with Crippen LogP contribution in [0.5, 0.6) is 0 Å². The summed E-state index contributed by atoms with van der Waals surface area (Å²) < 4.78 is 4.68. The molecule has 1 aliphatic carbocycles. The molecule has 0 radical (unpaired) electrons. The normalized spacial score (nSPS) is 18.9. The number of hydrogen-bond donors (Lipinski definition) is 1. The summed E-state index contributed by atoms with van der Waals surface area (Å²) in [7, 11) is 1.28. The average Bonchev–Trinajstić information content (AvgIpc) is 3.12. The number of aliphatic hydroxyl groups is 1. The Labute approximate surface area is 99.0 Å². The number of methoxy groups -OCH3 is 1. The molecule has 3 nitrogen and oxygen atoms in total. The number of rotatable bonds is 3. The van der Waals surface area contributed by atoms with Gasteiger partial charge in [0.15, 0.2) is 5.60 Å². The van der Waals surface area contributed by atoms with Gasteiger partial charge in [-0.05, 0) is 30.5 Å². The van der Waals surface area contributed by atoms with Crippen molar-refractivity contribution in [1.29, 1.82) is 0 Å². The first-order chi connectivity index (χ1) is 7.59. The monoisotopic (exact) mass is 240 g/mol. The minimum absolute atomic E-state index is 0.0406. The molecular weight excluding hydrogens is 228 g/mol. The van der Waals surface area contributed by atoms with Crippen LogP contribution in [-0.4, -0.2) is 18.2 Å². The molecule has 0 amide bonds. The van der Waals surface area contributed by atoms with Crippen LogP contribution in [0.15, 0.2) is 24.3 Å². The Hall–Kier alpha value is -1.06. The van der Waals surface area contributed by atoms with Crippen molar-refractivity contribution in [3.05, 3.63) is 34.9 Å². The summed E-state index contributed by atoms with van der Waals surface area (Å²) in [5.74, 6) is -0.640. The quantitative estimate of drug-likeness (QED) is 0.824. The Kier molecular flexibility index (Phi) is 2.91. The zero-order valence-corrected chi connectivity index (χ0v) is 9.70. The molecule has 0 spiro atoms. The van der Waals surface area contributed by atoms with Crippen molar-refractivity contribution in [2.24, 2.45) is 5.92 Å². The van der Waals surface area contributed by atoms with Gasteiger partial charge in [0, 0.05) is 10.9 Å². The van der Waals surface area contributed by atoms with Crippen LogP contribution in [0.4, 0.5) is 0 Å². The fraction of sp³-hybridized carbons (Fsp3) is 0.417. The zero-order valence-electron chi connectivity index (χ0n) is 8.94. The van der Waals surface area contributed by atoms with E-state index in [4.69, 9.17) is 11.6 Å². The fourth-order valence-corrected chi connectivity index (χ4v) is 2.01. The number of hydrogen-bond acceptors (Lipinski definition) is 3. The zero-order chi connectivity index (χ0) is 11.8. The maximum absolute atomic E-state index is 11.7. The average molecular weight is 241 g/mol. The van der Waals surface area contributed by atoms with Crippen LogP contribution >= 0.6 is 11.6 Å². The summed E-state index contributed by atoms with van der Waals surface area (Å²) in [5, 5.41) is 11.0. The molecule has 86 valence electrons. The molecule has 1 aromatic carbocycles. The lowest BCUT2D eigenvalue weighted by Gasteiger charge is -2.25. The Balaban J connectivity index is 2.39. The molecule has 1 aliphatic rings. The minimum atomic E-state index is -1.51. The van der Waals surface area contributed by atoms with Crippen LogP contribution < -0.4 is 0 Å². The van der Waals surface area contributed by atoms with Crippen LogP contribution in [0.1, 0.15) is 18.4 Å². The van der Waals surface area contributed by atoms with Crippen molar-refractivity contribution >= 4 is 17.6 Å². The molecule has 1 atom stereocenters. The molecule has 0 heterocycles. The van der Waals surface area contributed by atoms with Gasteiger partial charge in [-0.2, -0.15) is 0 Å². The summed E-state index contributed by atoms with van der Waals surface area (Å²) in [6, 6.07) is 6.65. The highest BCUT2D eigenvalue weighted by molar-refractivity contribution is 6.30. The highest BCUT2D eigenvalue weighted by Crippen LogP contribution is 2.46. The van der Waals surface area contributed by atoms with Gasteiger partial charge in [-0.15, -0.1) is 0 Å². The molecule has 2 rings (SSSR count). The van der Waals surface area contributed by atoms with Gasteiger partial charge >= 0.3 is 5.97 Å². The van der Waals surface area contributed by atoms with Crippen LogP contribution in [0, 0.1) is 5.92 Å². The molecule has 0 aliphatic heterocycles. The Morgan fingerprint density at radius 3 is 2.44 bits per heavy atom. The van der Waals surface area contributed by atoms with Gasteiger partial charge in [0.05, 0.1) is 7.11 Å².